The molecule has 0 saturated heterocycles. The molecule has 64 valence electrons. The second kappa shape index (κ2) is 2.96. The van der Waals surface area contributed by atoms with Crippen molar-refractivity contribution >= 4 is 29.1 Å². The van der Waals surface area contributed by atoms with Crippen molar-refractivity contribution in [1.82, 2.24) is 5.32 Å². The van der Waals surface area contributed by atoms with E-state index < -0.39 is 10.8 Å². The van der Waals surface area contributed by atoms with E-state index >= 15 is 0 Å². The van der Waals surface area contributed by atoms with Gasteiger partial charge in [0, 0.05) is 17.2 Å². The lowest BCUT2D eigenvalue weighted by molar-refractivity contribution is -0.122. The molecule has 12 heavy (non-hydrogen) atoms. The molecule has 0 aromatic carbocycles. The van der Waals surface area contributed by atoms with E-state index in [0.29, 0.717) is 10.7 Å². The smallest absolute Gasteiger partial charge is 0.260 e. The second-order valence-corrected chi connectivity index (χ2v) is 3.68. The molecule has 1 aliphatic rings. The van der Waals surface area contributed by atoms with Gasteiger partial charge in [0.25, 0.3) is 5.91 Å². The molecule has 1 N–H and O–H groups in total. The molecular formula is C7H6Cl2N2O. The van der Waals surface area contributed by atoms with Crippen LogP contribution in [0, 0.1) is 11.3 Å². The monoisotopic (exact) mass is 204 g/mol. The average molecular weight is 205 g/mol. The number of nitrogens with one attached hydrogen (secondary N) is 1. The molecule has 1 heterocycles. The number of carbonyl (C=O) groups is 1. The van der Waals surface area contributed by atoms with Gasteiger partial charge >= 0.3 is 0 Å². The fraction of sp³-hybridized carbons (Fsp3) is 0.429. The van der Waals surface area contributed by atoms with Crippen LogP contribution in [0.4, 0.5) is 0 Å². The van der Waals surface area contributed by atoms with Crippen LogP contribution in [0.15, 0.2) is 10.7 Å². The van der Waals surface area contributed by atoms with Crippen molar-refractivity contribution in [2.45, 2.75) is 18.2 Å². The maximum atomic E-state index is 11.1. The highest BCUT2D eigenvalue weighted by Gasteiger charge is 2.40. The number of hydrogen-bond acceptors (Lipinski definition) is 2. The van der Waals surface area contributed by atoms with Gasteiger partial charge < -0.3 is 5.32 Å². The van der Waals surface area contributed by atoms with Crippen LogP contribution in [-0.4, -0.2) is 10.8 Å². The molecule has 3 nitrogen and oxygen atoms in total. The number of nitriles is 1. The van der Waals surface area contributed by atoms with Crippen LogP contribution in [0.1, 0.15) is 13.3 Å². The number of allylic oxidation sites excluding steroid dienone is 2. The zero-order chi connectivity index (χ0) is 9.35. The van der Waals surface area contributed by atoms with Crippen molar-refractivity contribution in [3.05, 3.63) is 10.7 Å². The topological polar surface area (TPSA) is 52.9 Å². The Morgan fingerprint density at radius 1 is 1.75 bits per heavy atom. The van der Waals surface area contributed by atoms with Gasteiger partial charge in [-0.1, -0.05) is 23.2 Å². The van der Waals surface area contributed by atoms with E-state index in [-0.39, 0.29) is 6.42 Å². The Kier molecular flexibility index (Phi) is 2.31. The van der Waals surface area contributed by atoms with Crippen LogP contribution in [-0.2, 0) is 4.79 Å². The number of amides is 1. The van der Waals surface area contributed by atoms with Gasteiger partial charge in [-0.25, -0.2) is 0 Å². The Labute approximate surface area is 79.9 Å². The van der Waals surface area contributed by atoms with E-state index in [1.807, 2.05) is 0 Å². The minimum absolute atomic E-state index is 0.0737. The third-order valence-electron chi connectivity index (χ3n) is 1.64. The summed E-state index contributed by atoms with van der Waals surface area (Å²) in [5.41, 5.74) is 0.563. The Morgan fingerprint density at radius 2 is 2.33 bits per heavy atom. The van der Waals surface area contributed by atoms with Crippen LogP contribution in [0.2, 0.25) is 0 Å². The molecule has 1 rings (SSSR count). The fourth-order valence-electron chi connectivity index (χ4n) is 0.854. The molecule has 5 heteroatoms. The summed E-state index contributed by atoms with van der Waals surface area (Å²) in [5.74, 6) is -0.506. The van der Waals surface area contributed by atoms with Crippen molar-refractivity contribution in [1.29, 1.82) is 5.26 Å². The van der Waals surface area contributed by atoms with Crippen LogP contribution >= 0.6 is 23.2 Å². The molecule has 1 amide bonds. The summed E-state index contributed by atoms with van der Waals surface area (Å²) in [6.45, 7) is 1.66. The lowest BCUT2D eigenvalue weighted by atomic mass is 10.0. The first-order valence-electron chi connectivity index (χ1n) is 3.26. The zero-order valence-electron chi connectivity index (χ0n) is 6.32. The molecule has 0 aliphatic carbocycles. The summed E-state index contributed by atoms with van der Waals surface area (Å²) in [4.78, 5) is 9.61. The summed E-state index contributed by atoms with van der Waals surface area (Å²) < 4.78 is 0. The van der Waals surface area contributed by atoms with Crippen LogP contribution in [0.25, 0.3) is 0 Å². The van der Waals surface area contributed by atoms with E-state index in [1.54, 1.807) is 13.0 Å². The van der Waals surface area contributed by atoms with Crippen LogP contribution in [0.3, 0.4) is 0 Å². The van der Waals surface area contributed by atoms with Crippen molar-refractivity contribution in [2.75, 3.05) is 0 Å². The maximum absolute atomic E-state index is 11.1. The predicted molar refractivity (Wildman–Crippen MR) is 45.5 cm³/mol. The predicted octanol–water partition coefficient (Wildman–Crippen LogP) is 1.48. The zero-order valence-corrected chi connectivity index (χ0v) is 7.83. The lowest BCUT2D eigenvalue weighted by Gasteiger charge is -2.24. The third-order valence-corrected chi connectivity index (χ3v) is 2.45. The first-order valence-corrected chi connectivity index (χ1v) is 4.02. The molecule has 0 aromatic heterocycles. The fourth-order valence-corrected chi connectivity index (χ4v) is 1.35. The molecule has 0 fully saturated rings. The van der Waals surface area contributed by atoms with Gasteiger partial charge in [-0.2, -0.15) is 5.26 Å². The van der Waals surface area contributed by atoms with Crippen molar-refractivity contribution in [2.24, 2.45) is 0 Å². The number of nitrogens with zero attached hydrogens (tertiary/aromatic N) is 1. The normalized spacial score (nSPS) is 29.7. The van der Waals surface area contributed by atoms with E-state index in [4.69, 9.17) is 28.5 Å². The van der Waals surface area contributed by atoms with Gasteiger partial charge in [0.1, 0.15) is 0 Å². The van der Waals surface area contributed by atoms with Crippen molar-refractivity contribution in [3.63, 3.8) is 0 Å². The van der Waals surface area contributed by atoms with Crippen molar-refractivity contribution in [3.8, 4) is 6.07 Å². The summed E-state index contributed by atoms with van der Waals surface area (Å²) in [6, 6.07) is 1.72. The highest BCUT2D eigenvalue weighted by Crippen LogP contribution is 2.31. The summed E-state index contributed by atoms with van der Waals surface area (Å²) in [5, 5.41) is 11.4. The highest BCUT2D eigenvalue weighted by molar-refractivity contribution is 6.40. The largest absolute Gasteiger partial charge is 0.326 e. The first kappa shape index (κ1) is 9.37. The van der Waals surface area contributed by atoms with E-state index in [9.17, 15) is 4.79 Å². The quantitative estimate of drug-likeness (QED) is 0.609. The van der Waals surface area contributed by atoms with Gasteiger partial charge in [-0.05, 0) is 6.92 Å². The third kappa shape index (κ3) is 1.40. The average Bonchev–Trinajstić information content (AvgIpc) is 2.01. The molecule has 0 spiro atoms. The van der Waals surface area contributed by atoms with Crippen LogP contribution < -0.4 is 5.32 Å². The maximum Gasteiger partial charge on any atom is 0.260 e. The molecule has 0 radical (unpaired) electrons. The van der Waals surface area contributed by atoms with Crippen molar-refractivity contribution < 1.29 is 4.79 Å². The van der Waals surface area contributed by atoms with E-state index in [1.165, 1.54) is 0 Å². The van der Waals surface area contributed by atoms with Gasteiger partial charge in [-0.15, -0.1) is 0 Å². The Bertz CT molecular complexity index is 305. The summed E-state index contributed by atoms with van der Waals surface area (Å²) >= 11 is 11.4. The summed E-state index contributed by atoms with van der Waals surface area (Å²) in [6.07, 6.45) is 0.0737. The SMILES string of the molecule is CC1=C(Cl)CC(Cl)(C#N)C(=O)N1. The number of halogens is 2. The number of alkyl halides is 1. The standard InChI is InChI=1S/C7H6Cl2N2O/c1-4-5(8)2-7(9,3-10)6(12)11-4/h2H2,1H3,(H,11,12). The molecule has 1 atom stereocenters. The Hall–Kier alpha value is -0.720. The second-order valence-electron chi connectivity index (χ2n) is 2.57. The van der Waals surface area contributed by atoms with Gasteiger partial charge in [0.15, 0.2) is 0 Å². The van der Waals surface area contributed by atoms with Gasteiger partial charge in [0.05, 0.1) is 6.07 Å². The molecule has 0 bridgehead atoms. The minimum Gasteiger partial charge on any atom is -0.326 e. The molecule has 1 aliphatic heterocycles. The highest BCUT2D eigenvalue weighted by atomic mass is 35.5. The molecule has 0 aromatic rings. The van der Waals surface area contributed by atoms with Gasteiger partial charge in [-0.3, -0.25) is 4.79 Å². The first-order chi connectivity index (χ1) is 5.49. The Morgan fingerprint density at radius 3 is 2.83 bits per heavy atom. The summed E-state index contributed by atoms with van der Waals surface area (Å²) in [7, 11) is 0. The number of hydrogen-bond donors (Lipinski definition) is 1. The van der Waals surface area contributed by atoms with E-state index in [2.05, 4.69) is 5.32 Å². The molecule has 1 unspecified atom stereocenters. The number of carbonyl (C=O) groups excluding carboxylic acids is 1. The minimum atomic E-state index is -1.53. The lowest BCUT2D eigenvalue weighted by Crippen LogP contribution is -2.44. The van der Waals surface area contributed by atoms with Gasteiger partial charge in [0.2, 0.25) is 4.87 Å². The molecular weight excluding hydrogens is 199 g/mol. The number of rotatable bonds is 0. The molecule has 0 saturated carbocycles. The Balaban J connectivity index is 3.03. The van der Waals surface area contributed by atoms with E-state index in [0.717, 1.165) is 0 Å². The van der Waals surface area contributed by atoms with Crippen LogP contribution in [0.5, 0.6) is 0 Å².